The Morgan fingerprint density at radius 2 is 1.86 bits per heavy atom. The summed E-state index contributed by atoms with van der Waals surface area (Å²) in [7, 11) is -5.36. The second-order valence-electron chi connectivity index (χ2n) is 4.34. The summed E-state index contributed by atoms with van der Waals surface area (Å²) >= 11 is 0. The van der Waals surface area contributed by atoms with E-state index < -0.39 is 20.2 Å². The summed E-state index contributed by atoms with van der Waals surface area (Å²) in [5, 5.41) is 2.66. The minimum atomic E-state index is -5.36. The zero-order chi connectivity index (χ0) is 15.9. The first-order valence-electron chi connectivity index (χ1n) is 6.52. The lowest BCUT2D eigenvalue weighted by molar-refractivity contribution is -0.0435. The molecule has 0 saturated carbocycles. The molecule has 0 heterocycles. The molecular formula is C13H18F3NO3S. The van der Waals surface area contributed by atoms with Gasteiger partial charge >= 0.3 is 5.51 Å². The third-order valence-corrected chi connectivity index (χ3v) is 4.23. The quantitative estimate of drug-likeness (QED) is 0.746. The van der Waals surface area contributed by atoms with E-state index in [2.05, 4.69) is 5.32 Å². The fourth-order valence-electron chi connectivity index (χ4n) is 1.58. The molecule has 21 heavy (non-hydrogen) atoms. The summed E-state index contributed by atoms with van der Waals surface area (Å²) in [4.78, 5) is -0.772. The number of sulfone groups is 1. The van der Waals surface area contributed by atoms with Crippen molar-refractivity contribution in [3.8, 4) is 0 Å². The molecule has 0 aliphatic heterocycles. The maximum Gasteiger partial charge on any atom is 0.501 e. The Bertz CT molecular complexity index is 544. The number of hydrogen-bond acceptors (Lipinski definition) is 4. The minimum Gasteiger partial charge on any atom is -0.382 e. The van der Waals surface area contributed by atoms with Crippen molar-refractivity contribution in [2.75, 3.05) is 25.1 Å². The Labute approximate surface area is 122 Å². The van der Waals surface area contributed by atoms with Gasteiger partial charge in [0.05, 0.1) is 17.2 Å². The van der Waals surface area contributed by atoms with Crippen molar-refractivity contribution >= 4 is 15.5 Å². The van der Waals surface area contributed by atoms with E-state index in [9.17, 15) is 21.6 Å². The van der Waals surface area contributed by atoms with Crippen LogP contribution in [0.5, 0.6) is 0 Å². The molecule has 1 N–H and O–H groups in total. The van der Waals surface area contributed by atoms with Crippen LogP contribution in [0.25, 0.3) is 0 Å². The molecule has 0 aliphatic rings. The lowest BCUT2D eigenvalue weighted by atomic mass is 10.3. The van der Waals surface area contributed by atoms with Crippen molar-refractivity contribution in [3.05, 3.63) is 24.3 Å². The van der Waals surface area contributed by atoms with Crippen LogP contribution >= 0.6 is 0 Å². The van der Waals surface area contributed by atoms with Gasteiger partial charge in [-0.25, -0.2) is 8.42 Å². The van der Waals surface area contributed by atoms with Gasteiger partial charge in [0.25, 0.3) is 9.84 Å². The van der Waals surface area contributed by atoms with E-state index in [4.69, 9.17) is 4.74 Å². The monoisotopic (exact) mass is 325 g/mol. The molecule has 8 heteroatoms. The van der Waals surface area contributed by atoms with Crippen LogP contribution in [0.3, 0.4) is 0 Å². The number of nitrogens with one attached hydrogen (secondary N) is 1. The molecule has 4 nitrogen and oxygen atoms in total. The van der Waals surface area contributed by atoms with Gasteiger partial charge in [0.1, 0.15) is 0 Å². The Morgan fingerprint density at radius 1 is 1.19 bits per heavy atom. The summed E-state index contributed by atoms with van der Waals surface area (Å²) < 4.78 is 65.9. The SMILES string of the molecule is CCCCOCCNc1ccccc1S(=O)(=O)C(F)(F)F. The first-order chi connectivity index (χ1) is 9.80. The number of benzene rings is 1. The van der Waals surface area contributed by atoms with Crippen LogP contribution in [0.2, 0.25) is 0 Å². The molecule has 0 aromatic heterocycles. The predicted molar refractivity (Wildman–Crippen MR) is 73.9 cm³/mol. The number of alkyl halides is 3. The average molecular weight is 325 g/mol. The van der Waals surface area contributed by atoms with Crippen molar-refractivity contribution in [1.82, 2.24) is 0 Å². The van der Waals surface area contributed by atoms with Gasteiger partial charge in [-0.3, -0.25) is 0 Å². The van der Waals surface area contributed by atoms with Crippen LogP contribution in [0.15, 0.2) is 29.2 Å². The van der Waals surface area contributed by atoms with Crippen molar-refractivity contribution in [1.29, 1.82) is 0 Å². The number of anilines is 1. The van der Waals surface area contributed by atoms with E-state index in [0.717, 1.165) is 18.9 Å². The van der Waals surface area contributed by atoms with Gasteiger partial charge in [-0.1, -0.05) is 25.5 Å². The van der Waals surface area contributed by atoms with Crippen LogP contribution in [0.1, 0.15) is 19.8 Å². The highest BCUT2D eigenvalue weighted by Crippen LogP contribution is 2.34. The molecule has 0 amide bonds. The Morgan fingerprint density at radius 3 is 2.48 bits per heavy atom. The first kappa shape index (κ1) is 17.8. The van der Waals surface area contributed by atoms with E-state index in [1.807, 2.05) is 6.92 Å². The number of halogens is 3. The molecule has 0 bridgehead atoms. The molecule has 0 atom stereocenters. The van der Waals surface area contributed by atoms with Gasteiger partial charge in [0.15, 0.2) is 0 Å². The Balaban J connectivity index is 2.73. The predicted octanol–water partition coefficient (Wildman–Crippen LogP) is 3.21. The maximum absolute atomic E-state index is 12.6. The average Bonchev–Trinajstić information content (AvgIpc) is 2.42. The molecule has 0 radical (unpaired) electrons. The van der Waals surface area contributed by atoms with E-state index in [-0.39, 0.29) is 12.2 Å². The standard InChI is InChI=1S/C13H18F3NO3S/c1-2-3-9-20-10-8-17-11-6-4-5-7-12(11)21(18,19)13(14,15)16/h4-7,17H,2-3,8-10H2,1H3. The molecule has 0 spiro atoms. The van der Waals surface area contributed by atoms with E-state index in [1.54, 1.807) is 0 Å². The van der Waals surface area contributed by atoms with Gasteiger partial charge in [0, 0.05) is 13.2 Å². The molecular weight excluding hydrogens is 307 g/mol. The van der Waals surface area contributed by atoms with Crippen LogP contribution in [0.4, 0.5) is 18.9 Å². The largest absolute Gasteiger partial charge is 0.501 e. The van der Waals surface area contributed by atoms with E-state index >= 15 is 0 Å². The maximum atomic E-state index is 12.6. The minimum absolute atomic E-state index is 0.0751. The smallest absolute Gasteiger partial charge is 0.382 e. The van der Waals surface area contributed by atoms with E-state index in [1.165, 1.54) is 18.2 Å². The fraction of sp³-hybridized carbons (Fsp3) is 0.538. The van der Waals surface area contributed by atoms with Crippen molar-refractivity contribution in [2.45, 2.75) is 30.2 Å². The number of para-hydroxylation sites is 1. The van der Waals surface area contributed by atoms with Crippen LogP contribution in [-0.4, -0.2) is 33.7 Å². The number of ether oxygens (including phenoxy) is 1. The van der Waals surface area contributed by atoms with Crippen molar-refractivity contribution in [2.24, 2.45) is 0 Å². The highest BCUT2D eigenvalue weighted by molar-refractivity contribution is 7.92. The normalized spacial score (nSPS) is 12.4. The first-order valence-corrected chi connectivity index (χ1v) is 8.01. The Kier molecular flexibility index (Phi) is 6.47. The summed E-state index contributed by atoms with van der Waals surface area (Å²) in [6.07, 6.45) is 1.89. The van der Waals surface area contributed by atoms with Gasteiger partial charge in [-0.05, 0) is 18.6 Å². The van der Waals surface area contributed by atoms with Crippen LogP contribution in [-0.2, 0) is 14.6 Å². The van der Waals surface area contributed by atoms with Gasteiger partial charge < -0.3 is 10.1 Å². The van der Waals surface area contributed by atoms with Crippen LogP contribution in [0, 0.1) is 0 Å². The molecule has 120 valence electrons. The molecule has 1 aromatic rings. The summed E-state index contributed by atoms with van der Waals surface area (Å²) in [5.74, 6) is 0. The van der Waals surface area contributed by atoms with Gasteiger partial charge in [0.2, 0.25) is 0 Å². The molecule has 1 rings (SSSR count). The number of unbranched alkanes of at least 4 members (excludes halogenated alkanes) is 1. The molecule has 0 saturated heterocycles. The zero-order valence-electron chi connectivity index (χ0n) is 11.6. The summed E-state index contributed by atoms with van der Waals surface area (Å²) in [6.45, 7) is 3.11. The third kappa shape index (κ3) is 4.89. The second kappa shape index (κ2) is 7.65. The lowest BCUT2D eigenvalue weighted by Gasteiger charge is -2.14. The second-order valence-corrected chi connectivity index (χ2v) is 6.25. The third-order valence-electron chi connectivity index (χ3n) is 2.69. The Hall–Kier alpha value is -1.28. The highest BCUT2D eigenvalue weighted by Gasteiger charge is 2.47. The summed E-state index contributed by atoms with van der Waals surface area (Å²) in [6, 6.07) is 4.95. The molecule has 1 aromatic carbocycles. The zero-order valence-corrected chi connectivity index (χ0v) is 12.4. The fourth-order valence-corrected chi connectivity index (χ4v) is 2.51. The van der Waals surface area contributed by atoms with E-state index in [0.29, 0.717) is 13.2 Å². The molecule has 0 unspecified atom stereocenters. The van der Waals surface area contributed by atoms with Crippen LogP contribution < -0.4 is 5.32 Å². The number of rotatable bonds is 8. The lowest BCUT2D eigenvalue weighted by Crippen LogP contribution is -2.24. The van der Waals surface area contributed by atoms with Crippen molar-refractivity contribution in [3.63, 3.8) is 0 Å². The van der Waals surface area contributed by atoms with Crippen molar-refractivity contribution < 1.29 is 26.3 Å². The molecule has 0 aliphatic carbocycles. The number of hydrogen-bond donors (Lipinski definition) is 1. The van der Waals surface area contributed by atoms with Gasteiger partial charge in [-0.15, -0.1) is 0 Å². The summed E-state index contributed by atoms with van der Waals surface area (Å²) in [5.41, 5.74) is -5.39. The highest BCUT2D eigenvalue weighted by atomic mass is 32.2. The topological polar surface area (TPSA) is 55.4 Å². The van der Waals surface area contributed by atoms with Gasteiger partial charge in [-0.2, -0.15) is 13.2 Å². The molecule has 0 fully saturated rings.